The molecule has 2 rings (SSSR count). The van der Waals surface area contributed by atoms with Crippen molar-refractivity contribution in [3.8, 4) is 5.75 Å². The number of carbonyl (C=O) groups is 2. The highest BCUT2D eigenvalue weighted by molar-refractivity contribution is 6.45. The molecule has 0 aliphatic rings. The number of carbonyl (C=O) groups excluding carboxylic acids is 2. The number of ether oxygens (including phenoxy) is 1. The zero-order chi connectivity index (χ0) is 16.4. The van der Waals surface area contributed by atoms with E-state index >= 15 is 0 Å². The highest BCUT2D eigenvalue weighted by Crippen LogP contribution is 2.36. The summed E-state index contributed by atoms with van der Waals surface area (Å²) in [5.74, 6) is -0.828. The van der Waals surface area contributed by atoms with Crippen LogP contribution in [0, 0.1) is 0 Å². The quantitative estimate of drug-likeness (QED) is 0.405. The molecule has 0 saturated heterocycles. The molecule has 22 heavy (non-hydrogen) atoms. The van der Waals surface area contributed by atoms with Crippen molar-refractivity contribution < 1.29 is 14.3 Å². The second kappa shape index (κ2) is 6.88. The molecular formula is C15H8Cl4O3. The minimum atomic E-state index is -0.540. The smallest absolute Gasteiger partial charge is 0.308 e. The zero-order valence-corrected chi connectivity index (χ0v) is 14.1. The standard InChI is InChI=1S/C15H8Cl4O3/c1-7(20)22-12-5-3-9(13(18)14(12)19)15(21)8-2-4-10(16)11(17)6-8/h2-6H,1H3. The highest BCUT2D eigenvalue weighted by atomic mass is 35.5. The predicted octanol–water partition coefficient (Wildman–Crippen LogP) is 5.46. The van der Waals surface area contributed by atoms with Crippen molar-refractivity contribution in [2.24, 2.45) is 0 Å². The molecule has 0 heterocycles. The Labute approximate surface area is 146 Å². The van der Waals surface area contributed by atoms with Crippen LogP contribution in [0.1, 0.15) is 22.8 Å². The lowest BCUT2D eigenvalue weighted by molar-refractivity contribution is -0.131. The minimum absolute atomic E-state index is 0.00325. The lowest BCUT2D eigenvalue weighted by atomic mass is 10.0. The van der Waals surface area contributed by atoms with Crippen LogP contribution in [0.4, 0.5) is 0 Å². The molecule has 0 atom stereocenters. The van der Waals surface area contributed by atoms with Crippen molar-refractivity contribution in [3.63, 3.8) is 0 Å². The summed E-state index contributed by atoms with van der Waals surface area (Å²) < 4.78 is 4.90. The molecule has 2 aromatic rings. The summed E-state index contributed by atoms with van der Waals surface area (Å²) in [5, 5.41) is 0.582. The number of ketones is 1. The first-order chi connectivity index (χ1) is 10.3. The molecule has 0 bridgehead atoms. The fourth-order valence-corrected chi connectivity index (χ4v) is 2.48. The van der Waals surface area contributed by atoms with Gasteiger partial charge in [-0.2, -0.15) is 0 Å². The molecule has 0 unspecified atom stereocenters. The molecule has 7 heteroatoms. The number of hydrogen-bond acceptors (Lipinski definition) is 3. The number of esters is 1. The molecule has 0 radical (unpaired) electrons. The first-order valence-electron chi connectivity index (χ1n) is 5.97. The fraction of sp³-hybridized carbons (Fsp3) is 0.0667. The van der Waals surface area contributed by atoms with Crippen LogP contribution in [0.3, 0.4) is 0 Å². The Morgan fingerprint density at radius 3 is 2.18 bits per heavy atom. The van der Waals surface area contributed by atoms with E-state index in [9.17, 15) is 9.59 Å². The Morgan fingerprint density at radius 2 is 1.59 bits per heavy atom. The summed E-state index contributed by atoms with van der Waals surface area (Å²) in [6.45, 7) is 1.24. The van der Waals surface area contributed by atoms with Crippen molar-refractivity contribution in [2.45, 2.75) is 6.92 Å². The molecular weight excluding hydrogens is 370 g/mol. The molecule has 0 aliphatic heterocycles. The average molecular weight is 378 g/mol. The van der Waals surface area contributed by atoms with Crippen molar-refractivity contribution in [2.75, 3.05) is 0 Å². The van der Waals surface area contributed by atoms with E-state index in [1.54, 1.807) is 0 Å². The largest absolute Gasteiger partial charge is 0.425 e. The van der Waals surface area contributed by atoms with Gasteiger partial charge in [0.2, 0.25) is 0 Å². The second-order valence-corrected chi connectivity index (χ2v) is 5.86. The molecule has 0 saturated carbocycles. The van der Waals surface area contributed by atoms with Crippen LogP contribution in [0.2, 0.25) is 20.1 Å². The van der Waals surface area contributed by atoms with E-state index in [1.165, 1.54) is 37.3 Å². The van der Waals surface area contributed by atoms with Crippen LogP contribution in [-0.4, -0.2) is 11.8 Å². The van der Waals surface area contributed by atoms with E-state index in [4.69, 9.17) is 51.1 Å². The Bertz CT molecular complexity index is 772. The van der Waals surface area contributed by atoms with Gasteiger partial charge >= 0.3 is 5.97 Å². The van der Waals surface area contributed by atoms with Gasteiger partial charge in [-0.25, -0.2) is 0 Å². The SMILES string of the molecule is CC(=O)Oc1ccc(C(=O)c2ccc(Cl)c(Cl)c2)c(Cl)c1Cl. The first kappa shape index (κ1) is 17.1. The average Bonchev–Trinajstić information content (AvgIpc) is 2.46. The zero-order valence-electron chi connectivity index (χ0n) is 11.1. The van der Waals surface area contributed by atoms with Gasteiger partial charge in [0.25, 0.3) is 0 Å². The number of halogens is 4. The van der Waals surface area contributed by atoms with Gasteiger partial charge in [-0.1, -0.05) is 46.4 Å². The van der Waals surface area contributed by atoms with Gasteiger partial charge in [0.05, 0.1) is 15.1 Å². The lowest BCUT2D eigenvalue weighted by Gasteiger charge is -2.10. The highest BCUT2D eigenvalue weighted by Gasteiger charge is 2.19. The molecule has 0 aromatic heterocycles. The third-order valence-electron chi connectivity index (χ3n) is 2.73. The van der Waals surface area contributed by atoms with Gasteiger partial charge < -0.3 is 4.74 Å². The normalized spacial score (nSPS) is 10.4. The van der Waals surface area contributed by atoms with Gasteiger partial charge in [-0.3, -0.25) is 9.59 Å². The molecule has 0 amide bonds. The lowest BCUT2D eigenvalue weighted by Crippen LogP contribution is -2.05. The maximum atomic E-state index is 12.5. The van der Waals surface area contributed by atoms with Gasteiger partial charge in [-0.15, -0.1) is 0 Å². The van der Waals surface area contributed by atoms with Gasteiger partial charge in [0.15, 0.2) is 11.5 Å². The topological polar surface area (TPSA) is 43.4 Å². The summed E-state index contributed by atoms with van der Waals surface area (Å²) in [6.07, 6.45) is 0. The summed E-state index contributed by atoms with van der Waals surface area (Å²) in [5.41, 5.74) is 0.480. The van der Waals surface area contributed by atoms with Crippen LogP contribution in [0.5, 0.6) is 5.75 Å². The van der Waals surface area contributed by atoms with E-state index in [0.717, 1.165) is 0 Å². The maximum absolute atomic E-state index is 12.5. The van der Waals surface area contributed by atoms with Gasteiger partial charge in [-0.05, 0) is 30.3 Å². The van der Waals surface area contributed by atoms with E-state index < -0.39 is 5.97 Å². The Hall–Kier alpha value is -1.26. The van der Waals surface area contributed by atoms with Crippen molar-refractivity contribution in [3.05, 3.63) is 61.5 Å². The van der Waals surface area contributed by atoms with Crippen molar-refractivity contribution in [1.82, 2.24) is 0 Å². The van der Waals surface area contributed by atoms with Crippen LogP contribution in [0.15, 0.2) is 30.3 Å². The third-order valence-corrected chi connectivity index (χ3v) is 4.33. The Morgan fingerprint density at radius 1 is 0.909 bits per heavy atom. The Kier molecular flexibility index (Phi) is 5.35. The van der Waals surface area contributed by atoms with E-state index in [1.807, 2.05) is 0 Å². The monoisotopic (exact) mass is 376 g/mol. The minimum Gasteiger partial charge on any atom is -0.425 e. The molecule has 3 nitrogen and oxygen atoms in total. The number of benzene rings is 2. The predicted molar refractivity (Wildman–Crippen MR) is 87.7 cm³/mol. The van der Waals surface area contributed by atoms with E-state index in [0.29, 0.717) is 10.6 Å². The van der Waals surface area contributed by atoms with E-state index in [2.05, 4.69) is 0 Å². The van der Waals surface area contributed by atoms with Crippen LogP contribution >= 0.6 is 46.4 Å². The third kappa shape index (κ3) is 3.55. The maximum Gasteiger partial charge on any atom is 0.308 e. The summed E-state index contributed by atoms with van der Waals surface area (Å²) in [7, 11) is 0. The summed E-state index contributed by atoms with van der Waals surface area (Å²) >= 11 is 23.8. The summed E-state index contributed by atoms with van der Waals surface area (Å²) in [6, 6.07) is 7.31. The van der Waals surface area contributed by atoms with Crippen LogP contribution in [-0.2, 0) is 4.79 Å². The number of hydrogen-bond donors (Lipinski definition) is 0. The van der Waals surface area contributed by atoms with Crippen molar-refractivity contribution in [1.29, 1.82) is 0 Å². The fourth-order valence-electron chi connectivity index (χ4n) is 1.73. The molecule has 0 aliphatic carbocycles. The molecule has 0 spiro atoms. The van der Waals surface area contributed by atoms with Gasteiger partial charge in [0.1, 0.15) is 5.02 Å². The van der Waals surface area contributed by atoms with Crippen molar-refractivity contribution >= 4 is 58.2 Å². The molecule has 114 valence electrons. The van der Waals surface area contributed by atoms with Crippen LogP contribution < -0.4 is 4.74 Å². The van der Waals surface area contributed by atoms with E-state index in [-0.39, 0.29) is 32.2 Å². The van der Waals surface area contributed by atoms with Gasteiger partial charge in [0, 0.05) is 18.1 Å². The summed E-state index contributed by atoms with van der Waals surface area (Å²) in [4.78, 5) is 23.4. The Balaban J connectivity index is 2.44. The van der Waals surface area contributed by atoms with Crippen LogP contribution in [0.25, 0.3) is 0 Å². The second-order valence-electron chi connectivity index (χ2n) is 4.29. The molecule has 0 fully saturated rings. The molecule has 0 N–H and O–H groups in total. The molecule has 2 aromatic carbocycles. The number of rotatable bonds is 3. The first-order valence-corrected chi connectivity index (χ1v) is 7.48.